The van der Waals surface area contributed by atoms with Crippen LogP contribution in [0.25, 0.3) is 0 Å². The molecule has 1 aromatic rings. The third-order valence-corrected chi connectivity index (χ3v) is 3.46. The summed E-state index contributed by atoms with van der Waals surface area (Å²) in [5, 5.41) is 9.06. The van der Waals surface area contributed by atoms with Crippen LogP contribution >= 0.6 is 0 Å². The Labute approximate surface area is 101 Å². The normalized spacial score (nSPS) is 16.6. The van der Waals surface area contributed by atoms with Crippen LogP contribution in [0.4, 0.5) is 0 Å². The van der Waals surface area contributed by atoms with Crippen LogP contribution < -0.4 is 0 Å². The Morgan fingerprint density at radius 1 is 1.53 bits per heavy atom. The van der Waals surface area contributed by atoms with Crippen molar-refractivity contribution in [1.29, 1.82) is 0 Å². The third-order valence-electron chi connectivity index (χ3n) is 3.46. The number of carboxylic acid groups (broad SMARTS) is 1. The van der Waals surface area contributed by atoms with Crippen molar-refractivity contribution in [1.82, 2.24) is 9.88 Å². The molecule has 4 nitrogen and oxygen atoms in total. The second kappa shape index (κ2) is 5.27. The van der Waals surface area contributed by atoms with Crippen LogP contribution in [-0.2, 0) is 6.54 Å². The van der Waals surface area contributed by atoms with E-state index in [-0.39, 0.29) is 5.69 Å². The first-order valence-electron chi connectivity index (χ1n) is 6.06. The first-order chi connectivity index (χ1) is 8.18. The molecule has 1 N–H and O–H groups in total. The van der Waals surface area contributed by atoms with Crippen LogP contribution in [0.5, 0.6) is 0 Å². The standard InChI is InChI=1S/C13H18N2O2/c1-15(11-6-2-3-7-11)9-10-5-4-8-14-12(10)13(16)17/h4-5,8,11H,2-3,6-7,9H2,1H3,(H,16,17). The molecule has 1 aromatic heterocycles. The third kappa shape index (κ3) is 2.82. The Bertz CT molecular complexity index is 400. The minimum absolute atomic E-state index is 0.178. The molecule has 0 amide bonds. The molecule has 0 radical (unpaired) electrons. The van der Waals surface area contributed by atoms with Crippen molar-refractivity contribution >= 4 is 5.97 Å². The van der Waals surface area contributed by atoms with Crippen LogP contribution in [-0.4, -0.2) is 34.0 Å². The number of aromatic nitrogens is 1. The van der Waals surface area contributed by atoms with Gasteiger partial charge in [-0.15, -0.1) is 0 Å². The van der Waals surface area contributed by atoms with E-state index in [0.29, 0.717) is 12.6 Å². The fourth-order valence-corrected chi connectivity index (χ4v) is 2.50. The molecule has 0 bridgehead atoms. The predicted molar refractivity (Wildman–Crippen MR) is 64.9 cm³/mol. The summed E-state index contributed by atoms with van der Waals surface area (Å²) in [6.07, 6.45) is 6.54. The van der Waals surface area contributed by atoms with Gasteiger partial charge >= 0.3 is 5.97 Å². The van der Waals surface area contributed by atoms with Gasteiger partial charge in [-0.1, -0.05) is 18.9 Å². The fourth-order valence-electron chi connectivity index (χ4n) is 2.50. The van der Waals surface area contributed by atoms with Gasteiger partial charge < -0.3 is 5.11 Å². The van der Waals surface area contributed by atoms with Gasteiger partial charge in [0.25, 0.3) is 0 Å². The van der Waals surface area contributed by atoms with E-state index in [1.165, 1.54) is 31.9 Å². The lowest BCUT2D eigenvalue weighted by Crippen LogP contribution is -2.29. The van der Waals surface area contributed by atoms with Crippen LogP contribution in [0.2, 0.25) is 0 Å². The highest BCUT2D eigenvalue weighted by molar-refractivity contribution is 5.86. The maximum atomic E-state index is 11.0. The van der Waals surface area contributed by atoms with Gasteiger partial charge in [0.05, 0.1) is 0 Å². The van der Waals surface area contributed by atoms with E-state index < -0.39 is 5.97 Å². The summed E-state index contributed by atoms with van der Waals surface area (Å²) in [5.74, 6) is -0.944. The van der Waals surface area contributed by atoms with Gasteiger partial charge in [0, 0.05) is 18.8 Å². The number of hydrogen-bond donors (Lipinski definition) is 1. The van der Waals surface area contributed by atoms with Crippen LogP contribution in [0.1, 0.15) is 41.7 Å². The molecule has 92 valence electrons. The van der Waals surface area contributed by atoms with Gasteiger partial charge in [0.2, 0.25) is 0 Å². The predicted octanol–water partition coefficient (Wildman–Crippen LogP) is 2.15. The Morgan fingerprint density at radius 2 is 2.24 bits per heavy atom. The molecule has 0 aromatic carbocycles. The lowest BCUT2D eigenvalue weighted by Gasteiger charge is -2.24. The van der Waals surface area contributed by atoms with Gasteiger partial charge in [0.1, 0.15) is 0 Å². The average Bonchev–Trinajstić information content (AvgIpc) is 2.83. The highest BCUT2D eigenvalue weighted by atomic mass is 16.4. The minimum atomic E-state index is -0.944. The largest absolute Gasteiger partial charge is 0.477 e. The first kappa shape index (κ1) is 12.0. The van der Waals surface area contributed by atoms with E-state index >= 15 is 0 Å². The Balaban J connectivity index is 2.09. The van der Waals surface area contributed by atoms with Crippen molar-refractivity contribution in [3.05, 3.63) is 29.6 Å². The molecule has 1 aliphatic rings. The number of nitrogens with zero attached hydrogens (tertiary/aromatic N) is 2. The molecule has 0 atom stereocenters. The zero-order valence-electron chi connectivity index (χ0n) is 10.1. The van der Waals surface area contributed by atoms with Gasteiger partial charge in [-0.25, -0.2) is 9.78 Å². The van der Waals surface area contributed by atoms with Gasteiger partial charge in [0.15, 0.2) is 5.69 Å². The lowest BCUT2D eigenvalue weighted by atomic mass is 10.1. The Kier molecular flexibility index (Phi) is 3.74. The monoisotopic (exact) mass is 234 g/mol. The zero-order chi connectivity index (χ0) is 12.3. The average molecular weight is 234 g/mol. The van der Waals surface area contributed by atoms with Crippen molar-refractivity contribution in [2.24, 2.45) is 0 Å². The first-order valence-corrected chi connectivity index (χ1v) is 6.06. The number of hydrogen-bond acceptors (Lipinski definition) is 3. The zero-order valence-corrected chi connectivity index (χ0v) is 10.1. The van der Waals surface area contributed by atoms with Crippen LogP contribution in [0.3, 0.4) is 0 Å². The SMILES string of the molecule is CN(Cc1cccnc1C(=O)O)C1CCCC1. The summed E-state index contributed by atoms with van der Waals surface area (Å²) in [6.45, 7) is 0.667. The molecule has 4 heteroatoms. The second-order valence-corrected chi connectivity index (χ2v) is 4.67. The molecule has 0 unspecified atom stereocenters. The van der Waals surface area contributed by atoms with Crippen molar-refractivity contribution in [2.75, 3.05) is 7.05 Å². The number of rotatable bonds is 4. The van der Waals surface area contributed by atoms with Crippen LogP contribution in [0, 0.1) is 0 Å². The number of carboxylic acids is 1. The van der Waals surface area contributed by atoms with Crippen molar-refractivity contribution in [2.45, 2.75) is 38.3 Å². The molecule has 17 heavy (non-hydrogen) atoms. The Hall–Kier alpha value is -1.42. The van der Waals surface area contributed by atoms with Crippen LogP contribution in [0.15, 0.2) is 18.3 Å². The quantitative estimate of drug-likeness (QED) is 0.867. The minimum Gasteiger partial charge on any atom is -0.477 e. The number of carbonyl (C=O) groups is 1. The highest BCUT2D eigenvalue weighted by Crippen LogP contribution is 2.24. The molecular formula is C13H18N2O2. The fraction of sp³-hybridized carbons (Fsp3) is 0.538. The van der Waals surface area contributed by atoms with Crippen molar-refractivity contribution in [3.63, 3.8) is 0 Å². The lowest BCUT2D eigenvalue weighted by molar-refractivity contribution is 0.0687. The maximum absolute atomic E-state index is 11.0. The summed E-state index contributed by atoms with van der Waals surface area (Å²) < 4.78 is 0. The van der Waals surface area contributed by atoms with Gasteiger partial charge in [-0.3, -0.25) is 4.90 Å². The van der Waals surface area contributed by atoms with E-state index in [4.69, 9.17) is 5.11 Å². The van der Waals surface area contributed by atoms with Gasteiger partial charge in [-0.05, 0) is 31.5 Å². The van der Waals surface area contributed by atoms with Gasteiger partial charge in [-0.2, -0.15) is 0 Å². The van der Waals surface area contributed by atoms with E-state index in [0.717, 1.165) is 5.56 Å². The van der Waals surface area contributed by atoms with E-state index in [1.807, 2.05) is 6.07 Å². The molecule has 0 aliphatic heterocycles. The topological polar surface area (TPSA) is 53.4 Å². The summed E-state index contributed by atoms with van der Waals surface area (Å²) >= 11 is 0. The Morgan fingerprint density at radius 3 is 2.88 bits per heavy atom. The molecule has 0 saturated heterocycles. The molecule has 1 aliphatic carbocycles. The van der Waals surface area contributed by atoms with Crippen molar-refractivity contribution < 1.29 is 9.90 Å². The molecule has 1 saturated carbocycles. The highest BCUT2D eigenvalue weighted by Gasteiger charge is 2.21. The molecule has 0 spiro atoms. The summed E-state index contributed by atoms with van der Waals surface area (Å²) in [6, 6.07) is 4.24. The number of aromatic carboxylic acids is 1. The smallest absolute Gasteiger partial charge is 0.354 e. The molecular weight excluding hydrogens is 216 g/mol. The molecule has 1 fully saturated rings. The summed E-state index contributed by atoms with van der Waals surface area (Å²) in [4.78, 5) is 17.2. The van der Waals surface area contributed by atoms with E-state index in [2.05, 4.69) is 16.9 Å². The molecule has 1 heterocycles. The second-order valence-electron chi connectivity index (χ2n) is 4.67. The van der Waals surface area contributed by atoms with E-state index in [1.54, 1.807) is 6.07 Å². The molecule has 2 rings (SSSR count). The maximum Gasteiger partial charge on any atom is 0.354 e. The van der Waals surface area contributed by atoms with Crippen molar-refractivity contribution in [3.8, 4) is 0 Å². The summed E-state index contributed by atoms with van der Waals surface area (Å²) in [7, 11) is 2.06. The number of pyridine rings is 1. The summed E-state index contributed by atoms with van der Waals surface area (Å²) in [5.41, 5.74) is 0.978. The van der Waals surface area contributed by atoms with E-state index in [9.17, 15) is 4.79 Å².